The van der Waals surface area contributed by atoms with E-state index >= 15 is 0 Å². The maximum absolute atomic E-state index is 5.14. The zero-order valence-corrected chi connectivity index (χ0v) is 28.4. The minimum Gasteiger partial charge on any atom is -1.00 e. The van der Waals surface area contributed by atoms with Gasteiger partial charge in [-0.05, 0) is 73.9 Å². The quantitative estimate of drug-likeness (QED) is 0.261. The zero-order valence-electron chi connectivity index (χ0n) is 24.8. The van der Waals surface area contributed by atoms with E-state index in [-0.39, 0.29) is 55.8 Å². The topological polar surface area (TPSA) is 37.6 Å². The van der Waals surface area contributed by atoms with Gasteiger partial charge in [-0.15, -0.1) is 0 Å². The summed E-state index contributed by atoms with van der Waals surface area (Å²) in [6.07, 6.45) is 8.61. The SMILES string of the molecule is CCCc1cccc(CCC)c1N=C(C)c1cccc(C(C)=Nc2c(CCC)cccc2CCC)n1.[Cl-].[Cl-].[Cl-].[V]. The molecule has 0 aliphatic rings. The second-order valence-electron chi connectivity index (χ2n) is 9.65. The van der Waals surface area contributed by atoms with Crippen LogP contribution in [0, 0.1) is 0 Å². The predicted octanol–water partition coefficient (Wildman–Crippen LogP) is 0.183. The molecule has 0 amide bonds. The van der Waals surface area contributed by atoms with E-state index in [4.69, 9.17) is 15.0 Å². The molecule has 1 aromatic heterocycles. The van der Waals surface area contributed by atoms with Gasteiger partial charge in [0.2, 0.25) is 0 Å². The second-order valence-corrected chi connectivity index (χ2v) is 9.65. The van der Waals surface area contributed by atoms with Gasteiger partial charge in [-0.25, -0.2) is 4.98 Å². The van der Waals surface area contributed by atoms with Crippen LogP contribution in [0.15, 0.2) is 64.6 Å². The third-order valence-corrected chi connectivity index (χ3v) is 6.53. The van der Waals surface area contributed by atoms with Gasteiger partial charge in [0.25, 0.3) is 0 Å². The van der Waals surface area contributed by atoms with Gasteiger partial charge < -0.3 is 37.2 Å². The minimum atomic E-state index is 0. The molecule has 1 radical (unpaired) electrons. The molecular formula is C33H43Cl3N3V-3. The number of rotatable bonds is 12. The molecule has 0 atom stereocenters. The largest absolute Gasteiger partial charge is 1.00 e. The number of hydrogen-bond acceptors (Lipinski definition) is 3. The van der Waals surface area contributed by atoms with Crippen LogP contribution < -0.4 is 37.2 Å². The third-order valence-electron chi connectivity index (χ3n) is 6.53. The number of pyridine rings is 1. The van der Waals surface area contributed by atoms with E-state index in [1.54, 1.807) is 0 Å². The Labute approximate surface area is 273 Å². The van der Waals surface area contributed by atoms with Crippen molar-refractivity contribution in [3.8, 4) is 0 Å². The van der Waals surface area contributed by atoms with Crippen LogP contribution in [0.3, 0.4) is 0 Å². The zero-order chi connectivity index (χ0) is 25.9. The summed E-state index contributed by atoms with van der Waals surface area (Å²) >= 11 is 0. The normalized spacial score (nSPS) is 11.1. The van der Waals surface area contributed by atoms with Crippen molar-refractivity contribution in [1.29, 1.82) is 0 Å². The number of aromatic nitrogens is 1. The number of aryl methyl sites for hydroxylation is 4. The molecule has 0 N–H and O–H groups in total. The first-order valence-electron chi connectivity index (χ1n) is 13.8. The van der Waals surface area contributed by atoms with Gasteiger partial charge in [-0.2, -0.15) is 0 Å². The summed E-state index contributed by atoms with van der Waals surface area (Å²) in [4.78, 5) is 15.3. The number of halogens is 3. The Balaban J connectivity index is 0. The molecule has 0 spiro atoms. The van der Waals surface area contributed by atoms with Crippen molar-refractivity contribution in [2.45, 2.75) is 92.9 Å². The first-order chi connectivity index (χ1) is 17.5. The summed E-state index contributed by atoms with van der Waals surface area (Å²) in [6, 6.07) is 19.4. The van der Waals surface area contributed by atoms with Gasteiger partial charge in [0.05, 0.1) is 34.2 Å². The molecule has 1 heterocycles. The molecular weight excluding hydrogens is 596 g/mol. The fourth-order valence-electron chi connectivity index (χ4n) is 4.75. The van der Waals surface area contributed by atoms with Crippen molar-refractivity contribution >= 4 is 22.8 Å². The summed E-state index contributed by atoms with van der Waals surface area (Å²) in [6.45, 7) is 13.1. The molecule has 3 rings (SSSR count). The average molecular weight is 639 g/mol. The van der Waals surface area contributed by atoms with Crippen LogP contribution in [0.2, 0.25) is 0 Å². The van der Waals surface area contributed by atoms with E-state index in [9.17, 15) is 0 Å². The molecule has 3 aromatic rings. The molecule has 0 bridgehead atoms. The standard InChI is InChI=1S/C33H43N3.3ClH.V/c1-7-14-26-18-11-19-27(15-8-2)32(26)34-24(5)30-22-13-23-31(36-30)25(6)35-33-28(16-9-3)20-12-21-29(33)17-10-4;;;;/h11-13,18-23H,7-10,14-17H2,1-6H3;3*1H;/p-3. The van der Waals surface area contributed by atoms with Crippen molar-refractivity contribution in [1.82, 2.24) is 4.98 Å². The Bertz CT molecular complexity index is 1090. The molecule has 7 heteroatoms. The number of hydrogen-bond donors (Lipinski definition) is 0. The molecule has 0 fully saturated rings. The van der Waals surface area contributed by atoms with Gasteiger partial charge in [0, 0.05) is 18.6 Å². The summed E-state index contributed by atoms with van der Waals surface area (Å²) in [5.41, 5.74) is 11.3. The first kappa shape index (κ1) is 40.5. The van der Waals surface area contributed by atoms with Gasteiger partial charge in [-0.1, -0.05) is 95.8 Å². The van der Waals surface area contributed by atoms with Gasteiger partial charge in [0.1, 0.15) is 0 Å². The van der Waals surface area contributed by atoms with E-state index in [1.807, 2.05) is 0 Å². The van der Waals surface area contributed by atoms with Gasteiger partial charge in [-0.3, -0.25) is 9.98 Å². The van der Waals surface area contributed by atoms with Crippen molar-refractivity contribution in [3.05, 3.63) is 88.2 Å². The van der Waals surface area contributed by atoms with Gasteiger partial charge >= 0.3 is 0 Å². The van der Waals surface area contributed by atoms with Crippen molar-refractivity contribution in [2.24, 2.45) is 9.98 Å². The maximum Gasteiger partial charge on any atom is 0.0849 e. The minimum absolute atomic E-state index is 0. The number of nitrogens with zero attached hydrogens (tertiary/aromatic N) is 3. The number of para-hydroxylation sites is 2. The van der Waals surface area contributed by atoms with Crippen LogP contribution in [-0.2, 0) is 44.2 Å². The van der Waals surface area contributed by atoms with Crippen LogP contribution in [0.1, 0.15) is 101 Å². The van der Waals surface area contributed by atoms with Crippen molar-refractivity contribution in [3.63, 3.8) is 0 Å². The van der Waals surface area contributed by atoms with E-state index < -0.39 is 0 Å². The van der Waals surface area contributed by atoms with Gasteiger partial charge in [0.15, 0.2) is 0 Å². The fourth-order valence-corrected chi connectivity index (χ4v) is 4.75. The summed E-state index contributed by atoms with van der Waals surface area (Å²) in [5.74, 6) is 0. The van der Waals surface area contributed by atoms with E-state index in [2.05, 4.69) is 96.1 Å². The monoisotopic (exact) mass is 637 g/mol. The Morgan fingerprint density at radius 1 is 0.525 bits per heavy atom. The first-order valence-corrected chi connectivity index (χ1v) is 13.8. The smallest absolute Gasteiger partial charge is 0.0849 e. The molecule has 0 aliphatic heterocycles. The fraction of sp³-hybridized carbons (Fsp3) is 0.424. The Hall–Kier alpha value is -1.62. The number of aliphatic imine (C=N–C) groups is 2. The Morgan fingerprint density at radius 2 is 0.800 bits per heavy atom. The molecule has 0 aliphatic carbocycles. The molecule has 3 nitrogen and oxygen atoms in total. The molecule has 0 saturated heterocycles. The summed E-state index contributed by atoms with van der Waals surface area (Å²) < 4.78 is 0. The van der Waals surface area contributed by atoms with Crippen LogP contribution in [-0.4, -0.2) is 16.4 Å². The van der Waals surface area contributed by atoms with E-state index in [0.29, 0.717) is 0 Å². The van der Waals surface area contributed by atoms with Crippen LogP contribution in [0.25, 0.3) is 0 Å². The van der Waals surface area contributed by atoms with Crippen LogP contribution in [0.5, 0.6) is 0 Å². The van der Waals surface area contributed by atoms with E-state index in [0.717, 1.165) is 85.6 Å². The molecule has 219 valence electrons. The maximum atomic E-state index is 5.14. The number of benzene rings is 2. The molecule has 0 saturated carbocycles. The average Bonchev–Trinajstić information content (AvgIpc) is 2.88. The third kappa shape index (κ3) is 11.0. The van der Waals surface area contributed by atoms with Crippen molar-refractivity contribution < 1.29 is 55.8 Å². The summed E-state index contributed by atoms with van der Waals surface area (Å²) in [7, 11) is 0. The second kappa shape index (κ2) is 21.1. The molecule has 0 unspecified atom stereocenters. The van der Waals surface area contributed by atoms with Crippen LogP contribution >= 0.6 is 0 Å². The Morgan fingerprint density at radius 3 is 1.07 bits per heavy atom. The van der Waals surface area contributed by atoms with Crippen LogP contribution in [0.4, 0.5) is 11.4 Å². The summed E-state index contributed by atoms with van der Waals surface area (Å²) in [5, 5.41) is 0. The molecule has 2 aromatic carbocycles. The van der Waals surface area contributed by atoms with E-state index in [1.165, 1.54) is 22.3 Å². The Kier molecular flexibility index (Phi) is 21.4. The predicted molar refractivity (Wildman–Crippen MR) is 157 cm³/mol. The van der Waals surface area contributed by atoms with Crippen molar-refractivity contribution in [2.75, 3.05) is 0 Å². The molecule has 40 heavy (non-hydrogen) atoms.